The lowest BCUT2D eigenvalue weighted by molar-refractivity contribution is 0.0472. The highest BCUT2D eigenvalue weighted by atomic mass is 16.5. The van der Waals surface area contributed by atoms with Gasteiger partial charge in [-0.1, -0.05) is 0 Å². The van der Waals surface area contributed by atoms with Gasteiger partial charge in [0.15, 0.2) is 0 Å². The maximum atomic E-state index is 5.57. The van der Waals surface area contributed by atoms with Crippen molar-refractivity contribution in [3.63, 3.8) is 0 Å². The molecule has 0 aliphatic rings. The van der Waals surface area contributed by atoms with E-state index in [0.717, 1.165) is 19.6 Å². The van der Waals surface area contributed by atoms with Gasteiger partial charge in [-0.25, -0.2) is 0 Å². The molecule has 5 nitrogen and oxygen atoms in total. The Balaban J connectivity index is 3.86. The van der Waals surface area contributed by atoms with Gasteiger partial charge in [-0.3, -0.25) is 4.90 Å². The molecule has 0 aliphatic carbocycles. The second-order valence-corrected chi connectivity index (χ2v) is 3.38. The third kappa shape index (κ3) is 7.70. The first-order valence-corrected chi connectivity index (χ1v) is 5.21. The molecule has 0 aromatic heterocycles. The SMILES string of the molecule is COCCN(CCOC)CC(CN)OC. The zero-order valence-corrected chi connectivity index (χ0v) is 10.1. The molecule has 0 fully saturated rings. The summed E-state index contributed by atoms with van der Waals surface area (Å²) >= 11 is 0. The fourth-order valence-electron chi connectivity index (χ4n) is 1.27. The van der Waals surface area contributed by atoms with Crippen molar-refractivity contribution in [2.24, 2.45) is 5.73 Å². The third-order valence-corrected chi connectivity index (χ3v) is 2.28. The second kappa shape index (κ2) is 10.3. The van der Waals surface area contributed by atoms with Crippen LogP contribution in [0.4, 0.5) is 0 Å². The number of nitrogens with zero attached hydrogens (tertiary/aromatic N) is 1. The van der Waals surface area contributed by atoms with E-state index in [-0.39, 0.29) is 6.10 Å². The average Bonchev–Trinajstić information content (AvgIpc) is 2.28. The first-order chi connectivity index (χ1) is 7.28. The minimum absolute atomic E-state index is 0.0821. The Morgan fingerprint density at radius 3 is 1.93 bits per heavy atom. The Hall–Kier alpha value is -0.200. The molecule has 0 aromatic carbocycles. The molecule has 0 radical (unpaired) electrons. The normalized spacial score (nSPS) is 13.4. The minimum Gasteiger partial charge on any atom is -0.383 e. The van der Waals surface area contributed by atoms with Crippen LogP contribution in [0.15, 0.2) is 0 Å². The number of nitrogens with two attached hydrogens (primary N) is 1. The maximum Gasteiger partial charge on any atom is 0.0820 e. The number of ether oxygens (including phenoxy) is 3. The maximum absolute atomic E-state index is 5.57. The molecule has 0 spiro atoms. The lowest BCUT2D eigenvalue weighted by atomic mass is 10.3. The van der Waals surface area contributed by atoms with Crippen molar-refractivity contribution in [2.75, 3.05) is 60.7 Å². The molecule has 1 atom stereocenters. The number of hydrogen-bond donors (Lipinski definition) is 1. The van der Waals surface area contributed by atoms with Gasteiger partial charge < -0.3 is 19.9 Å². The lowest BCUT2D eigenvalue weighted by Gasteiger charge is -2.25. The van der Waals surface area contributed by atoms with Gasteiger partial charge in [-0.05, 0) is 0 Å². The van der Waals surface area contributed by atoms with Crippen LogP contribution in [-0.2, 0) is 14.2 Å². The summed E-state index contributed by atoms with van der Waals surface area (Å²) < 4.78 is 15.3. The standard InChI is InChI=1S/C10H24N2O3/c1-13-6-4-12(5-7-14-2)9-10(8-11)15-3/h10H,4-9,11H2,1-3H3. The second-order valence-electron chi connectivity index (χ2n) is 3.38. The molecular formula is C10H24N2O3. The predicted molar refractivity (Wildman–Crippen MR) is 60.0 cm³/mol. The van der Waals surface area contributed by atoms with Crippen molar-refractivity contribution in [1.29, 1.82) is 0 Å². The average molecular weight is 220 g/mol. The molecule has 5 heteroatoms. The summed E-state index contributed by atoms with van der Waals surface area (Å²) in [5.74, 6) is 0. The van der Waals surface area contributed by atoms with Gasteiger partial charge in [0.25, 0.3) is 0 Å². The van der Waals surface area contributed by atoms with Crippen LogP contribution in [0.1, 0.15) is 0 Å². The summed E-state index contributed by atoms with van der Waals surface area (Å²) in [6, 6.07) is 0. The van der Waals surface area contributed by atoms with Gasteiger partial charge in [0, 0.05) is 47.5 Å². The van der Waals surface area contributed by atoms with Gasteiger partial charge >= 0.3 is 0 Å². The van der Waals surface area contributed by atoms with Crippen LogP contribution in [0.3, 0.4) is 0 Å². The molecule has 0 amide bonds. The van der Waals surface area contributed by atoms with Crippen LogP contribution in [0.2, 0.25) is 0 Å². The van der Waals surface area contributed by atoms with Crippen LogP contribution in [0, 0.1) is 0 Å². The largest absolute Gasteiger partial charge is 0.383 e. The van der Waals surface area contributed by atoms with Crippen LogP contribution >= 0.6 is 0 Å². The summed E-state index contributed by atoms with van der Waals surface area (Å²) in [6.45, 7) is 4.53. The van der Waals surface area contributed by atoms with Crippen molar-refractivity contribution in [2.45, 2.75) is 6.10 Å². The quantitative estimate of drug-likeness (QED) is 0.540. The fourth-order valence-corrected chi connectivity index (χ4v) is 1.27. The highest BCUT2D eigenvalue weighted by Gasteiger charge is 2.11. The monoisotopic (exact) mass is 220 g/mol. The molecule has 0 aromatic rings. The van der Waals surface area contributed by atoms with E-state index in [4.69, 9.17) is 19.9 Å². The smallest absolute Gasteiger partial charge is 0.0820 e. The zero-order chi connectivity index (χ0) is 11.5. The van der Waals surface area contributed by atoms with Gasteiger partial charge in [0.05, 0.1) is 19.3 Å². The number of rotatable bonds is 10. The van der Waals surface area contributed by atoms with Gasteiger partial charge in [0.2, 0.25) is 0 Å². The summed E-state index contributed by atoms with van der Waals surface area (Å²) in [5, 5.41) is 0. The molecule has 15 heavy (non-hydrogen) atoms. The fraction of sp³-hybridized carbons (Fsp3) is 1.00. The first-order valence-electron chi connectivity index (χ1n) is 5.21. The van der Waals surface area contributed by atoms with E-state index in [9.17, 15) is 0 Å². The highest BCUT2D eigenvalue weighted by molar-refractivity contribution is 4.66. The van der Waals surface area contributed by atoms with Crippen LogP contribution in [-0.4, -0.2) is 71.7 Å². The predicted octanol–water partition coefficient (Wildman–Crippen LogP) is -0.445. The summed E-state index contributed by atoms with van der Waals surface area (Å²) in [5.41, 5.74) is 5.57. The molecular weight excluding hydrogens is 196 g/mol. The van der Waals surface area contributed by atoms with Crippen molar-refractivity contribution in [3.8, 4) is 0 Å². The highest BCUT2D eigenvalue weighted by Crippen LogP contribution is 1.95. The molecule has 2 N–H and O–H groups in total. The van der Waals surface area contributed by atoms with E-state index in [1.165, 1.54) is 0 Å². The minimum atomic E-state index is 0.0821. The van der Waals surface area contributed by atoms with E-state index in [0.29, 0.717) is 19.8 Å². The molecule has 92 valence electrons. The first kappa shape index (κ1) is 14.8. The van der Waals surface area contributed by atoms with E-state index in [1.807, 2.05) is 0 Å². The Kier molecular flexibility index (Phi) is 10.2. The molecule has 0 heterocycles. The van der Waals surface area contributed by atoms with Crippen LogP contribution in [0.5, 0.6) is 0 Å². The Morgan fingerprint density at radius 1 is 1.07 bits per heavy atom. The van der Waals surface area contributed by atoms with E-state index < -0.39 is 0 Å². The molecule has 0 aliphatic heterocycles. The van der Waals surface area contributed by atoms with Gasteiger partial charge in [0.1, 0.15) is 0 Å². The third-order valence-electron chi connectivity index (χ3n) is 2.28. The Morgan fingerprint density at radius 2 is 1.60 bits per heavy atom. The summed E-state index contributed by atoms with van der Waals surface area (Å²) in [4.78, 5) is 2.23. The topological polar surface area (TPSA) is 57.0 Å². The summed E-state index contributed by atoms with van der Waals surface area (Å²) in [7, 11) is 5.08. The lowest BCUT2D eigenvalue weighted by Crippen LogP contribution is -2.40. The van der Waals surface area contributed by atoms with E-state index in [2.05, 4.69) is 4.90 Å². The number of methoxy groups -OCH3 is 3. The Labute approximate surface area is 92.5 Å². The molecule has 1 unspecified atom stereocenters. The molecule has 0 saturated carbocycles. The Bertz CT molecular complexity index is 124. The number of hydrogen-bond acceptors (Lipinski definition) is 5. The van der Waals surface area contributed by atoms with Crippen LogP contribution in [0.25, 0.3) is 0 Å². The molecule has 0 rings (SSSR count). The van der Waals surface area contributed by atoms with Crippen LogP contribution < -0.4 is 5.73 Å². The molecule has 0 bridgehead atoms. The van der Waals surface area contributed by atoms with Crippen molar-refractivity contribution < 1.29 is 14.2 Å². The van der Waals surface area contributed by atoms with Crippen molar-refractivity contribution >= 4 is 0 Å². The zero-order valence-electron chi connectivity index (χ0n) is 10.1. The molecule has 0 saturated heterocycles. The van der Waals surface area contributed by atoms with Crippen molar-refractivity contribution in [3.05, 3.63) is 0 Å². The van der Waals surface area contributed by atoms with Gasteiger partial charge in [-0.15, -0.1) is 0 Å². The van der Waals surface area contributed by atoms with Crippen molar-refractivity contribution in [1.82, 2.24) is 4.90 Å². The van der Waals surface area contributed by atoms with E-state index in [1.54, 1.807) is 21.3 Å². The van der Waals surface area contributed by atoms with Gasteiger partial charge in [-0.2, -0.15) is 0 Å². The summed E-state index contributed by atoms with van der Waals surface area (Å²) in [6.07, 6.45) is 0.0821. The van der Waals surface area contributed by atoms with E-state index >= 15 is 0 Å².